The molecule has 0 radical (unpaired) electrons. The van der Waals surface area contributed by atoms with Crippen LogP contribution in [0.15, 0.2) is 24.5 Å². The van der Waals surface area contributed by atoms with Crippen LogP contribution < -0.4 is 5.73 Å². The minimum absolute atomic E-state index is 0.584. The van der Waals surface area contributed by atoms with Crippen LogP contribution in [0.2, 0.25) is 0 Å². The summed E-state index contributed by atoms with van der Waals surface area (Å²) in [5, 5.41) is 11.7. The number of nitrogen functional groups attached to an aromatic ring is 1. The van der Waals surface area contributed by atoms with Gasteiger partial charge in [0.25, 0.3) is 0 Å². The third kappa shape index (κ3) is 1.48. The van der Waals surface area contributed by atoms with Crippen molar-refractivity contribution in [1.82, 2.24) is 20.0 Å². The molecule has 13 heavy (non-hydrogen) atoms. The average molecular weight is 287 g/mol. The minimum atomic E-state index is 0.584. The maximum Gasteiger partial charge on any atom is 0.178 e. The summed E-state index contributed by atoms with van der Waals surface area (Å²) < 4.78 is 2.46. The molecule has 0 saturated heterocycles. The molecule has 2 aromatic heterocycles. The number of halogens is 1. The van der Waals surface area contributed by atoms with Crippen molar-refractivity contribution in [2.45, 2.75) is 0 Å². The molecule has 0 saturated carbocycles. The molecule has 0 aromatic carbocycles. The van der Waals surface area contributed by atoms with Crippen molar-refractivity contribution < 1.29 is 0 Å². The van der Waals surface area contributed by atoms with Gasteiger partial charge < -0.3 is 5.73 Å². The second-order valence-electron chi connectivity index (χ2n) is 2.37. The molecule has 0 aliphatic heterocycles. The molecule has 66 valence electrons. The van der Waals surface area contributed by atoms with Crippen LogP contribution in [-0.4, -0.2) is 20.0 Å². The van der Waals surface area contributed by atoms with Gasteiger partial charge in [-0.1, -0.05) is 0 Å². The van der Waals surface area contributed by atoms with Crippen molar-refractivity contribution in [2.75, 3.05) is 5.73 Å². The van der Waals surface area contributed by atoms with Gasteiger partial charge in [0.05, 0.1) is 9.77 Å². The van der Waals surface area contributed by atoms with E-state index in [1.54, 1.807) is 29.2 Å². The number of hydrogen-bond donors (Lipinski definition) is 1. The normalized spacial score (nSPS) is 10.2. The fourth-order valence-electron chi connectivity index (χ4n) is 0.927. The topological polar surface area (TPSA) is 69.6 Å². The highest BCUT2D eigenvalue weighted by Gasteiger charge is 2.06. The van der Waals surface area contributed by atoms with Crippen LogP contribution in [-0.2, 0) is 0 Å². The molecule has 0 spiro atoms. The van der Waals surface area contributed by atoms with E-state index in [1.807, 2.05) is 0 Å². The predicted molar refractivity (Wildman–Crippen MR) is 56.3 cm³/mol. The van der Waals surface area contributed by atoms with Crippen LogP contribution in [0.25, 0.3) is 5.82 Å². The average Bonchev–Trinajstić information content (AvgIpc) is 2.49. The van der Waals surface area contributed by atoms with Gasteiger partial charge >= 0.3 is 0 Å². The lowest BCUT2D eigenvalue weighted by atomic mass is 10.5. The first-order chi connectivity index (χ1) is 6.29. The molecular weight excluding hydrogens is 281 g/mol. The van der Waals surface area contributed by atoms with E-state index in [0.717, 1.165) is 3.57 Å². The van der Waals surface area contributed by atoms with Crippen LogP contribution in [0.1, 0.15) is 0 Å². The highest BCUT2D eigenvalue weighted by molar-refractivity contribution is 14.1. The van der Waals surface area contributed by atoms with Crippen molar-refractivity contribution in [3.05, 3.63) is 28.1 Å². The minimum Gasteiger partial charge on any atom is -0.383 e. The number of rotatable bonds is 1. The van der Waals surface area contributed by atoms with Crippen molar-refractivity contribution in [1.29, 1.82) is 0 Å². The first kappa shape index (κ1) is 8.42. The number of nitrogens with zero attached hydrogens (tertiary/aromatic N) is 4. The Hall–Kier alpha value is -1.18. The van der Waals surface area contributed by atoms with Crippen LogP contribution in [0, 0.1) is 3.57 Å². The van der Waals surface area contributed by atoms with Gasteiger partial charge in [-0.05, 0) is 34.7 Å². The summed E-state index contributed by atoms with van der Waals surface area (Å²) in [6, 6.07) is 3.59. The highest BCUT2D eigenvalue weighted by Crippen LogP contribution is 2.16. The summed E-state index contributed by atoms with van der Waals surface area (Å²) in [7, 11) is 0. The molecule has 0 bridgehead atoms. The van der Waals surface area contributed by atoms with E-state index < -0.39 is 0 Å². The quantitative estimate of drug-likeness (QED) is 0.789. The monoisotopic (exact) mass is 287 g/mol. The zero-order valence-electron chi connectivity index (χ0n) is 6.55. The summed E-state index contributed by atoms with van der Waals surface area (Å²) >= 11 is 2.12. The van der Waals surface area contributed by atoms with Crippen LogP contribution >= 0.6 is 22.6 Å². The molecule has 5 nitrogen and oxygen atoms in total. The van der Waals surface area contributed by atoms with Crippen LogP contribution in [0.3, 0.4) is 0 Å². The van der Waals surface area contributed by atoms with E-state index in [0.29, 0.717) is 11.6 Å². The Morgan fingerprint density at radius 3 is 2.85 bits per heavy atom. The predicted octanol–water partition coefficient (Wildman–Crippen LogP) is 0.849. The molecule has 0 aliphatic carbocycles. The largest absolute Gasteiger partial charge is 0.383 e. The second kappa shape index (κ2) is 3.29. The molecule has 0 aliphatic rings. The first-order valence-corrected chi connectivity index (χ1v) is 4.64. The summed E-state index contributed by atoms with van der Waals surface area (Å²) in [5.74, 6) is 1.21. The van der Waals surface area contributed by atoms with Crippen LogP contribution in [0.5, 0.6) is 0 Å². The molecule has 2 N–H and O–H groups in total. The fourth-order valence-corrected chi connectivity index (χ4v) is 1.28. The summed E-state index contributed by atoms with van der Waals surface area (Å²) in [6.07, 6.45) is 3.29. The highest BCUT2D eigenvalue weighted by atomic mass is 127. The molecule has 0 fully saturated rings. The van der Waals surface area contributed by atoms with Gasteiger partial charge in [0, 0.05) is 6.20 Å². The third-order valence-electron chi connectivity index (χ3n) is 1.53. The summed E-state index contributed by atoms with van der Waals surface area (Å²) in [4.78, 5) is 0. The molecule has 0 unspecified atom stereocenters. The summed E-state index contributed by atoms with van der Waals surface area (Å²) in [6.45, 7) is 0. The van der Waals surface area contributed by atoms with Crippen molar-refractivity contribution >= 4 is 28.4 Å². The first-order valence-electron chi connectivity index (χ1n) is 3.56. The number of anilines is 1. The van der Waals surface area contributed by atoms with Gasteiger partial charge in [0.15, 0.2) is 5.82 Å². The standard InChI is InChI=1S/C7H6IN5/c8-5-4-11-13(7(5)9)6-2-1-3-10-12-6/h1-4H,9H2. The van der Waals surface area contributed by atoms with Crippen LogP contribution in [0.4, 0.5) is 5.82 Å². The number of hydrogen-bond acceptors (Lipinski definition) is 4. The van der Waals surface area contributed by atoms with Gasteiger partial charge in [-0.15, -0.1) is 5.10 Å². The Morgan fingerprint density at radius 1 is 1.46 bits per heavy atom. The van der Waals surface area contributed by atoms with E-state index in [9.17, 15) is 0 Å². The molecule has 0 amide bonds. The Labute approximate surface area is 88.1 Å². The molecule has 2 rings (SSSR count). The van der Waals surface area contributed by atoms with Crippen molar-refractivity contribution in [3.63, 3.8) is 0 Å². The number of aromatic nitrogens is 4. The zero-order valence-corrected chi connectivity index (χ0v) is 8.71. The fraction of sp³-hybridized carbons (Fsp3) is 0. The van der Waals surface area contributed by atoms with E-state index in [-0.39, 0.29) is 0 Å². The molecule has 0 atom stereocenters. The summed E-state index contributed by atoms with van der Waals surface area (Å²) in [5.41, 5.74) is 5.76. The maximum absolute atomic E-state index is 5.76. The van der Waals surface area contributed by atoms with E-state index in [2.05, 4.69) is 37.9 Å². The Bertz CT molecular complexity index is 410. The SMILES string of the molecule is Nc1c(I)cnn1-c1cccnn1. The van der Waals surface area contributed by atoms with Crippen molar-refractivity contribution in [3.8, 4) is 5.82 Å². The van der Waals surface area contributed by atoms with E-state index >= 15 is 0 Å². The lowest BCUT2D eigenvalue weighted by Gasteiger charge is -2.00. The molecule has 2 heterocycles. The molecule has 2 aromatic rings. The lowest BCUT2D eigenvalue weighted by molar-refractivity contribution is 0.822. The Balaban J connectivity index is 2.53. The van der Waals surface area contributed by atoms with Gasteiger partial charge in [-0.2, -0.15) is 14.9 Å². The molecular formula is C7H6IN5. The van der Waals surface area contributed by atoms with Gasteiger partial charge in [0.2, 0.25) is 0 Å². The second-order valence-corrected chi connectivity index (χ2v) is 3.53. The van der Waals surface area contributed by atoms with Gasteiger partial charge in [-0.25, -0.2) is 0 Å². The van der Waals surface area contributed by atoms with E-state index in [4.69, 9.17) is 5.73 Å². The van der Waals surface area contributed by atoms with E-state index in [1.165, 1.54) is 0 Å². The molecule has 6 heteroatoms. The zero-order chi connectivity index (χ0) is 9.26. The van der Waals surface area contributed by atoms with Gasteiger partial charge in [-0.3, -0.25) is 0 Å². The maximum atomic E-state index is 5.76. The smallest absolute Gasteiger partial charge is 0.178 e. The Kier molecular flexibility index (Phi) is 2.13. The number of nitrogens with two attached hydrogens (primary N) is 1. The van der Waals surface area contributed by atoms with Crippen molar-refractivity contribution in [2.24, 2.45) is 0 Å². The Morgan fingerprint density at radius 2 is 2.31 bits per heavy atom. The van der Waals surface area contributed by atoms with Gasteiger partial charge in [0.1, 0.15) is 5.82 Å². The third-order valence-corrected chi connectivity index (χ3v) is 2.37. The lowest BCUT2D eigenvalue weighted by Crippen LogP contribution is -2.04.